The highest BCUT2D eigenvalue weighted by Crippen LogP contribution is 2.19. The van der Waals surface area contributed by atoms with Crippen LogP contribution in [0.5, 0.6) is 0 Å². The Morgan fingerprint density at radius 1 is 1.43 bits per heavy atom. The summed E-state index contributed by atoms with van der Waals surface area (Å²) in [4.78, 5) is 15.6. The summed E-state index contributed by atoms with van der Waals surface area (Å²) in [5, 5.41) is 20.8. The number of aromatic nitrogens is 5. The van der Waals surface area contributed by atoms with E-state index in [0.717, 1.165) is 4.47 Å². The second kappa shape index (κ2) is 6.75. The summed E-state index contributed by atoms with van der Waals surface area (Å²) in [5.74, 6) is -0.606. The summed E-state index contributed by atoms with van der Waals surface area (Å²) in [5.41, 5.74) is 0.608. The minimum Gasteiger partial charge on any atom is -0.481 e. The third-order valence-electron chi connectivity index (χ3n) is 2.99. The Bertz CT molecular complexity index is 611. The number of aliphatic carboxylic acids is 1. The molecule has 2 heterocycles. The minimum absolute atomic E-state index is 0.230. The molecule has 0 aliphatic rings. The summed E-state index contributed by atoms with van der Waals surface area (Å²) < 4.78 is 2.35. The third-order valence-corrected chi connectivity index (χ3v) is 3.46. The SMILES string of the molecule is CC(C)CC(Cn1nnnc1-c1ccc(Br)cn1)C(=O)O. The van der Waals surface area contributed by atoms with Gasteiger partial charge >= 0.3 is 5.97 Å². The van der Waals surface area contributed by atoms with E-state index in [1.807, 2.05) is 19.9 Å². The van der Waals surface area contributed by atoms with Crippen LogP contribution in [0, 0.1) is 11.8 Å². The van der Waals surface area contributed by atoms with Gasteiger partial charge in [-0.2, -0.15) is 0 Å². The molecule has 0 aliphatic heterocycles. The fraction of sp³-hybridized carbons (Fsp3) is 0.462. The molecule has 8 heteroatoms. The number of nitrogens with zero attached hydrogens (tertiary/aromatic N) is 5. The first-order valence-corrected chi connectivity index (χ1v) is 7.37. The molecular formula is C13H16BrN5O2. The van der Waals surface area contributed by atoms with Crippen molar-refractivity contribution in [2.75, 3.05) is 0 Å². The normalized spacial score (nSPS) is 12.6. The molecule has 0 fully saturated rings. The highest BCUT2D eigenvalue weighted by atomic mass is 79.9. The van der Waals surface area contributed by atoms with Crippen molar-refractivity contribution < 1.29 is 9.90 Å². The van der Waals surface area contributed by atoms with Crippen molar-refractivity contribution in [2.24, 2.45) is 11.8 Å². The largest absolute Gasteiger partial charge is 0.481 e. The van der Waals surface area contributed by atoms with Gasteiger partial charge in [-0.25, -0.2) is 4.68 Å². The molecule has 0 saturated carbocycles. The molecule has 0 aromatic carbocycles. The van der Waals surface area contributed by atoms with Crippen LogP contribution in [0.25, 0.3) is 11.5 Å². The predicted molar refractivity (Wildman–Crippen MR) is 79.3 cm³/mol. The standard InChI is InChI=1S/C13H16BrN5O2/c1-8(2)5-9(13(20)21)7-19-12(16-17-18-19)11-4-3-10(14)6-15-11/h3-4,6,8-9H,5,7H2,1-2H3,(H,20,21). The average molecular weight is 354 g/mol. The van der Waals surface area contributed by atoms with Gasteiger partial charge in [0.2, 0.25) is 5.82 Å². The molecule has 1 N–H and O–H groups in total. The molecule has 7 nitrogen and oxygen atoms in total. The van der Waals surface area contributed by atoms with Gasteiger partial charge in [0.25, 0.3) is 0 Å². The topological polar surface area (TPSA) is 93.8 Å². The van der Waals surface area contributed by atoms with Crippen LogP contribution in [0.4, 0.5) is 0 Å². The molecule has 2 aromatic rings. The van der Waals surface area contributed by atoms with Crippen LogP contribution in [0.2, 0.25) is 0 Å². The van der Waals surface area contributed by atoms with Crippen LogP contribution in [-0.2, 0) is 11.3 Å². The van der Waals surface area contributed by atoms with Crippen LogP contribution in [0.15, 0.2) is 22.8 Å². The second-order valence-electron chi connectivity index (χ2n) is 5.21. The quantitative estimate of drug-likeness (QED) is 0.855. The molecule has 0 bridgehead atoms. The maximum atomic E-state index is 11.3. The molecular weight excluding hydrogens is 338 g/mol. The van der Waals surface area contributed by atoms with Crippen molar-refractivity contribution in [3.63, 3.8) is 0 Å². The van der Waals surface area contributed by atoms with Gasteiger partial charge in [0.05, 0.1) is 12.5 Å². The van der Waals surface area contributed by atoms with Crippen LogP contribution < -0.4 is 0 Å². The first kappa shape index (κ1) is 15.6. The van der Waals surface area contributed by atoms with Crippen LogP contribution >= 0.6 is 15.9 Å². The lowest BCUT2D eigenvalue weighted by Crippen LogP contribution is -2.23. The van der Waals surface area contributed by atoms with E-state index >= 15 is 0 Å². The van der Waals surface area contributed by atoms with Gasteiger partial charge in [0.1, 0.15) is 5.69 Å². The number of carbonyl (C=O) groups is 1. The Balaban J connectivity index is 2.23. The number of hydrogen-bond donors (Lipinski definition) is 1. The summed E-state index contributed by atoms with van der Waals surface area (Å²) in [7, 11) is 0. The zero-order valence-corrected chi connectivity index (χ0v) is 13.4. The summed E-state index contributed by atoms with van der Waals surface area (Å²) in [6.07, 6.45) is 2.22. The van der Waals surface area contributed by atoms with Gasteiger partial charge in [-0.15, -0.1) is 5.10 Å². The number of pyridine rings is 1. The van der Waals surface area contributed by atoms with E-state index < -0.39 is 11.9 Å². The van der Waals surface area contributed by atoms with E-state index in [1.165, 1.54) is 4.68 Å². The van der Waals surface area contributed by atoms with E-state index in [4.69, 9.17) is 0 Å². The highest BCUT2D eigenvalue weighted by Gasteiger charge is 2.22. The number of carboxylic acids is 1. The molecule has 0 aliphatic carbocycles. The molecule has 0 radical (unpaired) electrons. The maximum Gasteiger partial charge on any atom is 0.308 e. The van der Waals surface area contributed by atoms with Gasteiger partial charge in [-0.1, -0.05) is 13.8 Å². The molecule has 2 rings (SSSR count). The number of carboxylic acid groups (broad SMARTS) is 1. The van der Waals surface area contributed by atoms with Gasteiger partial charge in [0, 0.05) is 10.7 Å². The lowest BCUT2D eigenvalue weighted by molar-refractivity contribution is -0.142. The number of tetrazole rings is 1. The zero-order valence-electron chi connectivity index (χ0n) is 11.8. The zero-order chi connectivity index (χ0) is 15.4. The van der Waals surface area contributed by atoms with E-state index in [2.05, 4.69) is 36.4 Å². The van der Waals surface area contributed by atoms with Crippen molar-refractivity contribution in [3.05, 3.63) is 22.8 Å². The van der Waals surface area contributed by atoms with Gasteiger partial charge in [0.15, 0.2) is 0 Å². The van der Waals surface area contributed by atoms with Gasteiger partial charge < -0.3 is 5.11 Å². The summed E-state index contributed by atoms with van der Waals surface area (Å²) in [6, 6.07) is 3.62. The van der Waals surface area contributed by atoms with Gasteiger partial charge in [-0.3, -0.25) is 9.78 Å². The molecule has 112 valence electrons. The lowest BCUT2D eigenvalue weighted by atomic mass is 9.97. The van der Waals surface area contributed by atoms with Crippen molar-refractivity contribution in [3.8, 4) is 11.5 Å². The molecule has 21 heavy (non-hydrogen) atoms. The number of hydrogen-bond acceptors (Lipinski definition) is 5. The van der Waals surface area contributed by atoms with Crippen molar-refractivity contribution >= 4 is 21.9 Å². The van der Waals surface area contributed by atoms with E-state index in [0.29, 0.717) is 17.9 Å². The molecule has 0 amide bonds. The number of halogens is 1. The smallest absolute Gasteiger partial charge is 0.308 e. The van der Waals surface area contributed by atoms with E-state index in [1.54, 1.807) is 12.3 Å². The Morgan fingerprint density at radius 3 is 2.76 bits per heavy atom. The Morgan fingerprint density at radius 2 is 2.19 bits per heavy atom. The predicted octanol–water partition coefficient (Wildman–Crippen LogP) is 2.24. The second-order valence-corrected chi connectivity index (χ2v) is 6.13. The van der Waals surface area contributed by atoms with Crippen LogP contribution in [0.1, 0.15) is 20.3 Å². The van der Waals surface area contributed by atoms with Crippen LogP contribution in [-0.4, -0.2) is 36.3 Å². The lowest BCUT2D eigenvalue weighted by Gasteiger charge is -2.14. The summed E-state index contributed by atoms with van der Waals surface area (Å²) in [6.45, 7) is 4.22. The Labute approximate surface area is 130 Å². The van der Waals surface area contributed by atoms with E-state index in [-0.39, 0.29) is 12.5 Å². The Hall–Kier alpha value is -1.83. The van der Waals surface area contributed by atoms with E-state index in [9.17, 15) is 9.90 Å². The summed E-state index contributed by atoms with van der Waals surface area (Å²) >= 11 is 3.32. The van der Waals surface area contributed by atoms with Crippen molar-refractivity contribution in [2.45, 2.75) is 26.8 Å². The maximum absolute atomic E-state index is 11.3. The van der Waals surface area contributed by atoms with Gasteiger partial charge in [-0.05, 0) is 50.8 Å². The van der Waals surface area contributed by atoms with Crippen molar-refractivity contribution in [1.29, 1.82) is 0 Å². The fourth-order valence-corrected chi connectivity index (χ4v) is 2.28. The fourth-order valence-electron chi connectivity index (χ4n) is 2.05. The molecule has 2 aromatic heterocycles. The first-order chi connectivity index (χ1) is 9.97. The minimum atomic E-state index is -0.839. The number of rotatable bonds is 6. The third kappa shape index (κ3) is 4.07. The molecule has 1 atom stereocenters. The molecule has 0 spiro atoms. The molecule has 0 saturated heterocycles. The first-order valence-electron chi connectivity index (χ1n) is 6.58. The monoisotopic (exact) mass is 353 g/mol. The highest BCUT2D eigenvalue weighted by molar-refractivity contribution is 9.10. The average Bonchev–Trinajstić information content (AvgIpc) is 2.86. The Kier molecular flexibility index (Phi) is 5.00. The van der Waals surface area contributed by atoms with Crippen molar-refractivity contribution in [1.82, 2.24) is 25.2 Å². The van der Waals surface area contributed by atoms with Crippen LogP contribution in [0.3, 0.4) is 0 Å². The molecule has 1 unspecified atom stereocenters.